The minimum Gasteiger partial charge on any atom is -0.115 e. The van der Waals surface area contributed by atoms with Crippen LogP contribution in [0.2, 0.25) is 0 Å². The van der Waals surface area contributed by atoms with Crippen LogP contribution in [-0.2, 0) is 0 Å². The minimum absolute atomic E-state index is 0.0295. The zero-order chi connectivity index (χ0) is 6.04. The van der Waals surface area contributed by atoms with Crippen molar-refractivity contribution in [2.24, 2.45) is 0 Å². The molecule has 0 saturated carbocycles. The molecule has 0 amide bonds. The van der Waals surface area contributed by atoms with Gasteiger partial charge < -0.3 is 0 Å². The van der Waals surface area contributed by atoms with Crippen molar-refractivity contribution in [3.8, 4) is 0 Å². The highest BCUT2D eigenvalue weighted by molar-refractivity contribution is 6.25. The fourth-order valence-electron chi connectivity index (χ4n) is 0.978. The number of halogens is 1. The topological polar surface area (TPSA) is 0 Å². The van der Waals surface area contributed by atoms with Gasteiger partial charge in [-0.05, 0) is 26.2 Å². The van der Waals surface area contributed by atoms with Crippen molar-refractivity contribution in [3.05, 3.63) is 12.2 Å². The van der Waals surface area contributed by atoms with E-state index < -0.39 is 0 Å². The van der Waals surface area contributed by atoms with Crippen molar-refractivity contribution in [2.75, 3.05) is 0 Å². The summed E-state index contributed by atoms with van der Waals surface area (Å²) in [6.07, 6.45) is 7.85. The second-order valence-corrected chi connectivity index (χ2v) is 3.44. The first-order valence-corrected chi connectivity index (χ1v) is 3.45. The maximum atomic E-state index is 5.99. The maximum absolute atomic E-state index is 5.99. The third-order valence-electron chi connectivity index (χ3n) is 1.50. The van der Waals surface area contributed by atoms with Crippen LogP contribution in [0.3, 0.4) is 0 Å². The van der Waals surface area contributed by atoms with E-state index in [4.69, 9.17) is 11.6 Å². The van der Waals surface area contributed by atoms with E-state index >= 15 is 0 Å². The monoisotopic (exact) mass is 130 g/mol. The Bertz CT molecular complexity index is 103. The van der Waals surface area contributed by atoms with Gasteiger partial charge in [0.1, 0.15) is 0 Å². The minimum atomic E-state index is -0.0295. The molecular formula is C7H11Cl. The number of alkyl halides is 1. The molecule has 8 heavy (non-hydrogen) atoms. The molecule has 0 aromatic carbocycles. The molecule has 0 aromatic rings. The molecule has 1 atom stereocenters. The molecule has 0 aromatic heterocycles. The zero-order valence-corrected chi connectivity index (χ0v) is 5.91. The van der Waals surface area contributed by atoms with Crippen LogP contribution in [0.5, 0.6) is 0 Å². The van der Waals surface area contributed by atoms with Crippen LogP contribution in [0.4, 0.5) is 0 Å². The molecule has 46 valence electrons. The van der Waals surface area contributed by atoms with Crippen LogP contribution in [0, 0.1) is 0 Å². The molecule has 0 heterocycles. The van der Waals surface area contributed by atoms with Crippen molar-refractivity contribution in [1.29, 1.82) is 0 Å². The van der Waals surface area contributed by atoms with Crippen molar-refractivity contribution < 1.29 is 0 Å². The summed E-state index contributed by atoms with van der Waals surface area (Å²) in [5.74, 6) is 0. The Kier molecular flexibility index (Phi) is 1.62. The predicted octanol–water partition coefficient (Wildman–Crippen LogP) is 2.72. The standard InChI is InChI=1S/C7H11Cl/c1-7(8)5-3-2-4-6-7/h3,5H,2,4,6H2,1H3. The van der Waals surface area contributed by atoms with Crippen LogP contribution in [0.1, 0.15) is 26.2 Å². The van der Waals surface area contributed by atoms with Gasteiger partial charge in [-0.15, -0.1) is 11.6 Å². The van der Waals surface area contributed by atoms with Crippen LogP contribution < -0.4 is 0 Å². The van der Waals surface area contributed by atoms with E-state index in [1.165, 1.54) is 12.8 Å². The Labute approximate surface area is 55.5 Å². The van der Waals surface area contributed by atoms with Crippen molar-refractivity contribution in [3.63, 3.8) is 0 Å². The molecule has 1 rings (SSSR count). The molecule has 0 aliphatic heterocycles. The molecule has 0 saturated heterocycles. The summed E-state index contributed by atoms with van der Waals surface area (Å²) >= 11 is 5.99. The zero-order valence-electron chi connectivity index (χ0n) is 5.15. The molecule has 0 nitrogen and oxygen atoms in total. The fraction of sp³-hybridized carbons (Fsp3) is 0.714. The number of allylic oxidation sites excluding steroid dienone is 2. The summed E-state index contributed by atoms with van der Waals surface area (Å²) in [4.78, 5) is -0.0295. The van der Waals surface area contributed by atoms with E-state index in [2.05, 4.69) is 19.1 Å². The SMILES string of the molecule is CC1(Cl)C=CCCC1. The number of hydrogen-bond donors (Lipinski definition) is 0. The Balaban J connectivity index is 2.56. The van der Waals surface area contributed by atoms with Crippen LogP contribution in [-0.4, -0.2) is 4.87 Å². The first-order chi connectivity index (χ1) is 3.71. The summed E-state index contributed by atoms with van der Waals surface area (Å²) in [6.45, 7) is 2.06. The number of hydrogen-bond acceptors (Lipinski definition) is 0. The van der Waals surface area contributed by atoms with Gasteiger partial charge in [0.25, 0.3) is 0 Å². The van der Waals surface area contributed by atoms with E-state index in [0.29, 0.717) is 0 Å². The lowest BCUT2D eigenvalue weighted by Gasteiger charge is -2.20. The van der Waals surface area contributed by atoms with Gasteiger partial charge in [-0.2, -0.15) is 0 Å². The van der Waals surface area contributed by atoms with Crippen LogP contribution in [0.25, 0.3) is 0 Å². The highest BCUT2D eigenvalue weighted by atomic mass is 35.5. The fourth-order valence-corrected chi connectivity index (χ4v) is 1.20. The predicted molar refractivity (Wildman–Crippen MR) is 37.2 cm³/mol. The molecular weight excluding hydrogens is 120 g/mol. The van der Waals surface area contributed by atoms with Gasteiger partial charge in [0.15, 0.2) is 0 Å². The van der Waals surface area contributed by atoms with Gasteiger partial charge in [0, 0.05) is 0 Å². The molecule has 0 radical (unpaired) electrons. The third kappa shape index (κ3) is 1.52. The lowest BCUT2D eigenvalue weighted by Crippen LogP contribution is -2.14. The van der Waals surface area contributed by atoms with Gasteiger partial charge in [0.2, 0.25) is 0 Å². The summed E-state index contributed by atoms with van der Waals surface area (Å²) in [5.41, 5.74) is 0. The van der Waals surface area contributed by atoms with Crippen molar-refractivity contribution in [1.82, 2.24) is 0 Å². The van der Waals surface area contributed by atoms with Gasteiger partial charge in [0.05, 0.1) is 4.87 Å². The lowest BCUT2D eigenvalue weighted by molar-refractivity contribution is 0.616. The first-order valence-electron chi connectivity index (χ1n) is 3.07. The van der Waals surface area contributed by atoms with Crippen LogP contribution >= 0.6 is 11.6 Å². The molecule has 1 heteroatoms. The molecule has 1 aliphatic rings. The maximum Gasteiger partial charge on any atom is 0.0598 e. The first kappa shape index (κ1) is 6.15. The van der Waals surface area contributed by atoms with E-state index in [9.17, 15) is 0 Å². The molecule has 0 fully saturated rings. The molecule has 0 N–H and O–H groups in total. The average Bonchev–Trinajstić information content (AvgIpc) is 1.65. The second kappa shape index (κ2) is 2.10. The Morgan fingerprint density at radius 2 is 2.38 bits per heavy atom. The average molecular weight is 131 g/mol. The molecule has 0 bridgehead atoms. The summed E-state index contributed by atoms with van der Waals surface area (Å²) in [7, 11) is 0. The largest absolute Gasteiger partial charge is 0.115 e. The van der Waals surface area contributed by atoms with Gasteiger partial charge in [-0.1, -0.05) is 12.2 Å². The van der Waals surface area contributed by atoms with Crippen molar-refractivity contribution in [2.45, 2.75) is 31.1 Å². The van der Waals surface area contributed by atoms with E-state index in [1.807, 2.05) is 0 Å². The Morgan fingerprint density at radius 1 is 1.62 bits per heavy atom. The normalized spacial score (nSPS) is 37.8. The highest BCUT2D eigenvalue weighted by Crippen LogP contribution is 2.27. The second-order valence-electron chi connectivity index (χ2n) is 2.57. The van der Waals surface area contributed by atoms with Crippen LogP contribution in [0.15, 0.2) is 12.2 Å². The van der Waals surface area contributed by atoms with E-state index in [-0.39, 0.29) is 4.87 Å². The Morgan fingerprint density at radius 3 is 2.62 bits per heavy atom. The Hall–Kier alpha value is 0.0300. The van der Waals surface area contributed by atoms with Crippen molar-refractivity contribution >= 4 is 11.6 Å². The highest BCUT2D eigenvalue weighted by Gasteiger charge is 2.17. The van der Waals surface area contributed by atoms with Gasteiger partial charge in [-0.25, -0.2) is 0 Å². The molecule has 0 spiro atoms. The summed E-state index contributed by atoms with van der Waals surface area (Å²) in [5, 5.41) is 0. The summed E-state index contributed by atoms with van der Waals surface area (Å²) in [6, 6.07) is 0. The molecule has 1 aliphatic carbocycles. The third-order valence-corrected chi connectivity index (χ3v) is 1.82. The number of rotatable bonds is 0. The molecule has 1 unspecified atom stereocenters. The smallest absolute Gasteiger partial charge is 0.0598 e. The quantitative estimate of drug-likeness (QED) is 0.350. The van der Waals surface area contributed by atoms with E-state index in [1.54, 1.807) is 0 Å². The summed E-state index contributed by atoms with van der Waals surface area (Å²) < 4.78 is 0. The van der Waals surface area contributed by atoms with Gasteiger partial charge in [-0.3, -0.25) is 0 Å². The van der Waals surface area contributed by atoms with Gasteiger partial charge >= 0.3 is 0 Å². The van der Waals surface area contributed by atoms with E-state index in [0.717, 1.165) is 6.42 Å². The lowest BCUT2D eigenvalue weighted by atomic mass is 9.97.